The van der Waals surface area contributed by atoms with Gasteiger partial charge >= 0.3 is 0 Å². The number of rotatable bonds is 6. The zero-order chi connectivity index (χ0) is 15.3. The monoisotopic (exact) mass is 312 g/mol. The Morgan fingerprint density at radius 2 is 1.86 bits per heavy atom. The Kier molecular flexibility index (Phi) is 6.06. The Balaban J connectivity index is 1.86. The van der Waals surface area contributed by atoms with E-state index in [1.807, 2.05) is 31.2 Å². The standard InChI is InChI=1S/C17H25ClO3/c1-4-13(5-2)16-19-11-17(3,12-20-16)21-10-14-8-6-7-9-15(14)18/h6-9,13,16H,4-5,10-12H2,1-3H3/t16-,17+. The van der Waals surface area contributed by atoms with Gasteiger partial charge in [0.15, 0.2) is 6.29 Å². The second-order valence-corrected chi connectivity index (χ2v) is 6.30. The van der Waals surface area contributed by atoms with Crippen molar-refractivity contribution in [1.29, 1.82) is 0 Å². The molecule has 1 saturated heterocycles. The van der Waals surface area contributed by atoms with Crippen molar-refractivity contribution >= 4 is 11.6 Å². The molecule has 1 aliphatic heterocycles. The normalized spacial score (nSPS) is 26.2. The predicted molar refractivity (Wildman–Crippen MR) is 84.4 cm³/mol. The van der Waals surface area contributed by atoms with Gasteiger partial charge in [-0.05, 0) is 31.4 Å². The highest BCUT2D eigenvalue weighted by Crippen LogP contribution is 2.28. The molecule has 0 aliphatic carbocycles. The molecule has 3 nitrogen and oxygen atoms in total. The van der Waals surface area contributed by atoms with Crippen molar-refractivity contribution in [3.05, 3.63) is 34.9 Å². The summed E-state index contributed by atoms with van der Waals surface area (Å²) in [5.74, 6) is 0.457. The Labute approximate surface area is 132 Å². The Morgan fingerprint density at radius 3 is 2.43 bits per heavy atom. The second kappa shape index (κ2) is 7.59. The SMILES string of the molecule is CCC(CC)[C@H]1OC[C@@](C)(OCc2ccccc2Cl)CO1. The summed E-state index contributed by atoms with van der Waals surface area (Å²) >= 11 is 6.15. The Bertz CT molecular complexity index is 437. The van der Waals surface area contributed by atoms with Gasteiger partial charge in [-0.15, -0.1) is 0 Å². The number of halogens is 1. The molecule has 118 valence electrons. The van der Waals surface area contributed by atoms with Crippen LogP contribution < -0.4 is 0 Å². The van der Waals surface area contributed by atoms with E-state index in [2.05, 4.69) is 13.8 Å². The number of benzene rings is 1. The average Bonchev–Trinajstić information content (AvgIpc) is 2.50. The van der Waals surface area contributed by atoms with E-state index in [1.165, 1.54) is 0 Å². The molecule has 0 amide bonds. The lowest BCUT2D eigenvalue weighted by molar-refractivity contribution is -0.279. The molecule has 1 heterocycles. The highest BCUT2D eigenvalue weighted by Gasteiger charge is 2.36. The van der Waals surface area contributed by atoms with E-state index in [0.29, 0.717) is 25.7 Å². The van der Waals surface area contributed by atoms with Gasteiger partial charge < -0.3 is 14.2 Å². The van der Waals surface area contributed by atoms with Crippen LogP contribution in [0.25, 0.3) is 0 Å². The fourth-order valence-electron chi connectivity index (χ4n) is 2.50. The smallest absolute Gasteiger partial charge is 0.160 e. The molecule has 0 unspecified atom stereocenters. The molecule has 0 saturated carbocycles. The minimum Gasteiger partial charge on any atom is -0.366 e. The van der Waals surface area contributed by atoms with Crippen LogP contribution in [0.2, 0.25) is 5.02 Å². The lowest BCUT2D eigenvalue weighted by Gasteiger charge is -2.39. The van der Waals surface area contributed by atoms with E-state index >= 15 is 0 Å². The second-order valence-electron chi connectivity index (χ2n) is 5.90. The van der Waals surface area contributed by atoms with Crippen LogP contribution in [-0.2, 0) is 20.8 Å². The molecule has 0 bridgehead atoms. The average molecular weight is 313 g/mol. The molecule has 1 fully saturated rings. The van der Waals surface area contributed by atoms with Crippen LogP contribution in [0, 0.1) is 5.92 Å². The van der Waals surface area contributed by atoms with Gasteiger partial charge in [-0.25, -0.2) is 0 Å². The molecule has 0 radical (unpaired) electrons. The van der Waals surface area contributed by atoms with Crippen LogP contribution in [0.4, 0.5) is 0 Å². The molecule has 4 heteroatoms. The van der Waals surface area contributed by atoms with E-state index in [4.69, 9.17) is 25.8 Å². The molecule has 0 aromatic heterocycles. The summed E-state index contributed by atoms with van der Waals surface area (Å²) in [6.45, 7) is 7.94. The quantitative estimate of drug-likeness (QED) is 0.778. The number of ether oxygens (including phenoxy) is 3. The lowest BCUT2D eigenvalue weighted by atomic mass is 10.0. The molecular formula is C17H25ClO3. The van der Waals surface area contributed by atoms with E-state index in [9.17, 15) is 0 Å². The van der Waals surface area contributed by atoms with Crippen LogP contribution in [0.3, 0.4) is 0 Å². The van der Waals surface area contributed by atoms with E-state index in [-0.39, 0.29) is 6.29 Å². The highest BCUT2D eigenvalue weighted by molar-refractivity contribution is 6.31. The van der Waals surface area contributed by atoms with Crippen molar-refractivity contribution < 1.29 is 14.2 Å². The summed E-state index contributed by atoms with van der Waals surface area (Å²) in [6, 6.07) is 7.73. The maximum Gasteiger partial charge on any atom is 0.160 e. The maximum absolute atomic E-state index is 6.15. The van der Waals surface area contributed by atoms with Crippen molar-refractivity contribution in [2.75, 3.05) is 13.2 Å². The van der Waals surface area contributed by atoms with Gasteiger partial charge in [-0.3, -0.25) is 0 Å². The van der Waals surface area contributed by atoms with Crippen LogP contribution >= 0.6 is 11.6 Å². The molecular weight excluding hydrogens is 288 g/mol. The summed E-state index contributed by atoms with van der Waals surface area (Å²) in [7, 11) is 0. The van der Waals surface area contributed by atoms with Crippen LogP contribution in [0.15, 0.2) is 24.3 Å². The third-order valence-corrected chi connectivity index (χ3v) is 4.44. The summed E-state index contributed by atoms with van der Waals surface area (Å²) < 4.78 is 17.8. The summed E-state index contributed by atoms with van der Waals surface area (Å²) in [4.78, 5) is 0. The van der Waals surface area contributed by atoms with E-state index < -0.39 is 5.60 Å². The number of hydrogen-bond acceptors (Lipinski definition) is 3. The largest absolute Gasteiger partial charge is 0.366 e. The first-order valence-corrected chi connectivity index (χ1v) is 8.06. The van der Waals surface area contributed by atoms with Crippen LogP contribution in [-0.4, -0.2) is 25.1 Å². The fourth-order valence-corrected chi connectivity index (χ4v) is 2.69. The molecule has 1 aromatic rings. The van der Waals surface area contributed by atoms with Crippen LogP contribution in [0.1, 0.15) is 39.2 Å². The zero-order valence-corrected chi connectivity index (χ0v) is 13.9. The van der Waals surface area contributed by atoms with Gasteiger partial charge in [0, 0.05) is 10.9 Å². The van der Waals surface area contributed by atoms with Crippen molar-refractivity contribution in [2.24, 2.45) is 5.92 Å². The van der Waals surface area contributed by atoms with E-state index in [1.54, 1.807) is 0 Å². The maximum atomic E-state index is 6.15. The van der Waals surface area contributed by atoms with Gasteiger partial charge in [0.1, 0.15) is 5.60 Å². The minimum atomic E-state index is -0.415. The predicted octanol–water partition coefficient (Wildman–Crippen LogP) is 4.42. The first-order valence-electron chi connectivity index (χ1n) is 7.68. The third kappa shape index (κ3) is 4.43. The molecule has 2 rings (SSSR count). The third-order valence-electron chi connectivity index (χ3n) is 4.07. The zero-order valence-electron chi connectivity index (χ0n) is 13.1. The van der Waals surface area contributed by atoms with Crippen molar-refractivity contribution in [2.45, 2.75) is 52.1 Å². The first-order chi connectivity index (χ1) is 10.1. The lowest BCUT2D eigenvalue weighted by Crippen LogP contribution is -2.48. The van der Waals surface area contributed by atoms with Gasteiger partial charge in [-0.2, -0.15) is 0 Å². The molecule has 1 aromatic carbocycles. The summed E-state index contributed by atoms with van der Waals surface area (Å²) in [5.41, 5.74) is 0.573. The molecule has 21 heavy (non-hydrogen) atoms. The van der Waals surface area contributed by atoms with Gasteiger partial charge in [0.05, 0.1) is 19.8 Å². The van der Waals surface area contributed by atoms with Crippen LogP contribution in [0.5, 0.6) is 0 Å². The molecule has 0 spiro atoms. The molecule has 1 aliphatic rings. The van der Waals surface area contributed by atoms with E-state index in [0.717, 1.165) is 23.4 Å². The van der Waals surface area contributed by atoms with Gasteiger partial charge in [0.2, 0.25) is 0 Å². The van der Waals surface area contributed by atoms with Crippen molar-refractivity contribution in [3.8, 4) is 0 Å². The van der Waals surface area contributed by atoms with Crippen molar-refractivity contribution in [3.63, 3.8) is 0 Å². The van der Waals surface area contributed by atoms with Crippen molar-refractivity contribution in [1.82, 2.24) is 0 Å². The summed E-state index contributed by atoms with van der Waals surface area (Å²) in [5, 5.41) is 0.730. The Morgan fingerprint density at radius 1 is 1.24 bits per heavy atom. The highest BCUT2D eigenvalue weighted by atomic mass is 35.5. The first kappa shape index (κ1) is 16.8. The summed E-state index contributed by atoms with van der Waals surface area (Å²) in [6.07, 6.45) is 2.04. The van der Waals surface area contributed by atoms with Gasteiger partial charge in [0.25, 0.3) is 0 Å². The van der Waals surface area contributed by atoms with Gasteiger partial charge in [-0.1, -0.05) is 43.6 Å². The topological polar surface area (TPSA) is 27.7 Å². The Hall–Kier alpha value is -0.610. The molecule has 0 N–H and O–H groups in total. The fraction of sp³-hybridized carbons (Fsp3) is 0.647. The molecule has 0 atom stereocenters. The number of hydrogen-bond donors (Lipinski definition) is 0. The minimum absolute atomic E-state index is 0.100.